The number of benzene rings is 2. The second-order valence-corrected chi connectivity index (χ2v) is 20.0. The second-order valence-electron chi connectivity index (χ2n) is 14.8. The van der Waals surface area contributed by atoms with Crippen LogP contribution in [0.25, 0.3) is 22.9 Å². The molecule has 1 saturated heterocycles. The minimum Gasteiger partial charge on any atom is -0.415 e. The van der Waals surface area contributed by atoms with Gasteiger partial charge in [-0.05, 0) is 99.4 Å². The number of pyridine rings is 2. The Bertz CT molecular complexity index is 2520. The van der Waals surface area contributed by atoms with Gasteiger partial charge in [-0.3, -0.25) is 18.6 Å². The van der Waals surface area contributed by atoms with Crippen LogP contribution in [0.1, 0.15) is 81.0 Å². The summed E-state index contributed by atoms with van der Waals surface area (Å²) in [5.74, 6) is -1.71. The van der Waals surface area contributed by atoms with Gasteiger partial charge in [-0.15, -0.1) is 20.4 Å². The van der Waals surface area contributed by atoms with E-state index in [0.717, 1.165) is 19.3 Å². The van der Waals surface area contributed by atoms with E-state index in [1.807, 2.05) is 0 Å². The average molecular weight is 967 g/mol. The average Bonchev–Trinajstić information content (AvgIpc) is 4.01. The van der Waals surface area contributed by atoms with Crippen molar-refractivity contribution in [3.05, 3.63) is 118 Å². The van der Waals surface area contributed by atoms with Gasteiger partial charge in [0.05, 0.1) is 57.5 Å². The Labute approximate surface area is 376 Å². The number of nitrogens with one attached hydrogen (secondary N) is 1. The molecule has 2 fully saturated rings. The zero-order chi connectivity index (χ0) is 45.4. The summed E-state index contributed by atoms with van der Waals surface area (Å²) in [5.41, 5.74) is 2.55. The highest BCUT2D eigenvalue weighted by atomic mass is 35.5. The quantitative estimate of drug-likeness (QED) is 0.102. The van der Waals surface area contributed by atoms with Gasteiger partial charge < -0.3 is 14.2 Å². The number of hydrogen-bond donors (Lipinski definition) is 1. The van der Waals surface area contributed by atoms with Crippen molar-refractivity contribution in [3.63, 3.8) is 0 Å². The van der Waals surface area contributed by atoms with Gasteiger partial charge in [0.25, 0.3) is 11.8 Å². The lowest BCUT2D eigenvalue weighted by Crippen LogP contribution is -2.44. The molecule has 5 heterocycles. The van der Waals surface area contributed by atoms with Crippen LogP contribution in [0.5, 0.6) is 0 Å². The summed E-state index contributed by atoms with van der Waals surface area (Å²) < 4.78 is 117. The molecule has 1 saturated carbocycles. The molecule has 2 aromatic carbocycles. The predicted molar refractivity (Wildman–Crippen MR) is 231 cm³/mol. The molecule has 0 bridgehead atoms. The first-order valence-electron chi connectivity index (χ1n) is 20.1. The first-order chi connectivity index (χ1) is 30.7. The first-order valence-corrected chi connectivity index (χ1v) is 23.8. The van der Waals surface area contributed by atoms with Crippen LogP contribution in [0.3, 0.4) is 0 Å². The number of anilines is 2. The van der Waals surface area contributed by atoms with Gasteiger partial charge in [0.2, 0.25) is 31.8 Å². The van der Waals surface area contributed by atoms with Crippen LogP contribution in [0.15, 0.2) is 94.0 Å². The smallest absolute Gasteiger partial charge is 0.314 e. The molecule has 0 radical (unpaired) electrons. The van der Waals surface area contributed by atoms with Gasteiger partial charge >= 0.3 is 12.9 Å². The van der Waals surface area contributed by atoms with Gasteiger partial charge in [0, 0.05) is 22.4 Å². The third kappa shape index (κ3) is 11.3. The number of hydrogen-bond acceptors (Lipinski definition) is 13. The van der Waals surface area contributed by atoms with E-state index in [4.69, 9.17) is 32.0 Å². The van der Waals surface area contributed by atoms with Crippen LogP contribution in [0.4, 0.5) is 28.9 Å². The van der Waals surface area contributed by atoms with E-state index in [1.54, 1.807) is 72.8 Å². The molecule has 0 amide bonds. The summed E-state index contributed by atoms with van der Waals surface area (Å²) in [4.78, 5) is 8.59. The lowest BCUT2D eigenvalue weighted by molar-refractivity contribution is 0.115. The lowest BCUT2D eigenvalue weighted by Gasteiger charge is -2.31. The summed E-state index contributed by atoms with van der Waals surface area (Å²) in [6.45, 7) is 1.25. The zero-order valence-electron chi connectivity index (χ0n) is 33.8. The fourth-order valence-corrected chi connectivity index (χ4v) is 11.5. The molecule has 1 aliphatic heterocycles. The van der Waals surface area contributed by atoms with Crippen molar-refractivity contribution >= 4 is 54.6 Å². The Morgan fingerprint density at radius 1 is 0.609 bits per heavy atom. The molecular weight excluding hydrogens is 926 g/mol. The number of rotatable bonds is 14. The molecule has 8 rings (SSSR count). The predicted octanol–water partition coefficient (Wildman–Crippen LogP) is 9.20. The standard InChI is InChI=1S/C21H21ClF2N4O3S.C20H20ClF2N5O3S/c22-15-5-4-6-17(11-15)28(32(29,30)18-7-2-1-3-8-18)13-16-10-9-14(12-25-16)20-26-27-21(31-20)19(23)24;21-14-2-1-3-16(10-14)28(32(29,30)17-6-8-24-9-7-17)12-15-5-4-13(11-25-15)19-26-27-20(31-19)18(22)23/h4-6,9-12,18-19H,1-3,7-8,13H2;1-5,10-11,17-18,24H,6-9,12H2. The van der Waals surface area contributed by atoms with Gasteiger partial charge in [-0.1, -0.05) is 54.6 Å². The first kappa shape index (κ1) is 46.8. The molecule has 6 aromatic rings. The molecule has 0 spiro atoms. The van der Waals surface area contributed by atoms with Gasteiger partial charge in [0.1, 0.15) is 0 Å². The maximum Gasteiger partial charge on any atom is 0.314 e. The minimum absolute atomic E-state index is 0.00553. The summed E-state index contributed by atoms with van der Waals surface area (Å²) >= 11 is 12.2. The SMILES string of the molecule is O=S(=O)(C1CCCCC1)N(Cc1ccc(-c2nnc(C(F)F)o2)cn1)c1cccc(Cl)c1.O=S(=O)(C1CCNCC1)N(Cc1ccc(-c2nnc(C(F)F)o2)cn1)c1cccc(Cl)c1. The number of alkyl halides is 4. The van der Waals surface area contributed by atoms with Gasteiger partial charge in [0.15, 0.2) is 0 Å². The van der Waals surface area contributed by atoms with Gasteiger partial charge in [-0.25, -0.2) is 16.8 Å². The normalized spacial score (nSPS) is 15.2. The summed E-state index contributed by atoms with van der Waals surface area (Å²) in [6.07, 6.45) is 2.10. The number of sulfonamides is 2. The highest BCUT2D eigenvalue weighted by Gasteiger charge is 2.35. The van der Waals surface area contributed by atoms with E-state index in [1.165, 1.54) is 21.0 Å². The Hall–Kier alpha value is -5.22. The fraction of sp³-hybridized carbons (Fsp3) is 0.366. The highest BCUT2D eigenvalue weighted by molar-refractivity contribution is 7.93. The number of piperidine rings is 1. The molecule has 15 nitrogen and oxygen atoms in total. The Balaban J connectivity index is 0.000000191. The second kappa shape index (κ2) is 20.7. The largest absolute Gasteiger partial charge is 0.415 e. The van der Waals surface area contributed by atoms with E-state index >= 15 is 0 Å². The highest BCUT2D eigenvalue weighted by Crippen LogP contribution is 2.33. The van der Waals surface area contributed by atoms with Crippen molar-refractivity contribution in [3.8, 4) is 22.9 Å². The summed E-state index contributed by atoms with van der Waals surface area (Å²) in [6, 6.07) is 19.7. The number of halogens is 6. The molecule has 1 N–H and O–H groups in total. The van der Waals surface area contributed by atoms with Crippen molar-refractivity contribution < 1.29 is 43.2 Å². The van der Waals surface area contributed by atoms with E-state index < -0.39 is 55.2 Å². The molecule has 1 aliphatic carbocycles. The van der Waals surface area contributed by atoms with Crippen LogP contribution < -0.4 is 13.9 Å². The van der Waals surface area contributed by atoms with E-state index in [9.17, 15) is 34.4 Å². The van der Waals surface area contributed by atoms with Crippen molar-refractivity contribution in [1.82, 2.24) is 35.7 Å². The maximum atomic E-state index is 13.5. The van der Waals surface area contributed by atoms with Crippen LogP contribution in [-0.2, 0) is 33.1 Å². The monoisotopic (exact) mass is 965 g/mol. The molecule has 340 valence electrons. The molecule has 23 heteroatoms. The van der Waals surface area contributed by atoms with E-state index in [2.05, 4.69) is 35.7 Å². The molecule has 0 unspecified atom stereocenters. The Morgan fingerprint density at radius 2 is 1.05 bits per heavy atom. The molecule has 64 heavy (non-hydrogen) atoms. The Kier molecular flexibility index (Phi) is 15.2. The molecular formula is C41H41Cl2F4N9O6S2. The molecule has 4 aromatic heterocycles. The van der Waals surface area contributed by atoms with Crippen molar-refractivity contribution in [2.24, 2.45) is 0 Å². The van der Waals surface area contributed by atoms with Crippen LogP contribution in [0, 0.1) is 0 Å². The molecule has 0 atom stereocenters. The molecule has 2 aliphatic rings. The minimum atomic E-state index is -3.69. The van der Waals surface area contributed by atoms with Crippen LogP contribution in [0.2, 0.25) is 10.0 Å². The lowest BCUT2D eigenvalue weighted by atomic mass is 10.0. The van der Waals surface area contributed by atoms with Crippen molar-refractivity contribution in [2.75, 3.05) is 21.7 Å². The van der Waals surface area contributed by atoms with E-state index in [0.29, 0.717) is 82.7 Å². The Morgan fingerprint density at radius 3 is 1.42 bits per heavy atom. The number of nitrogens with zero attached hydrogens (tertiary/aromatic N) is 8. The van der Waals surface area contributed by atoms with E-state index in [-0.39, 0.29) is 24.9 Å². The van der Waals surface area contributed by atoms with Crippen LogP contribution >= 0.6 is 23.2 Å². The van der Waals surface area contributed by atoms with Crippen molar-refractivity contribution in [2.45, 2.75) is 81.4 Å². The fourth-order valence-electron chi connectivity index (χ4n) is 7.20. The zero-order valence-corrected chi connectivity index (χ0v) is 36.9. The third-order valence-corrected chi connectivity index (χ3v) is 15.5. The summed E-state index contributed by atoms with van der Waals surface area (Å²) in [7, 11) is -7.34. The van der Waals surface area contributed by atoms with Crippen LogP contribution in [-0.4, -0.2) is 70.8 Å². The number of aromatic nitrogens is 6. The topological polar surface area (TPSA) is 190 Å². The van der Waals surface area contributed by atoms with Gasteiger partial charge in [-0.2, -0.15) is 17.6 Å². The van der Waals surface area contributed by atoms with Crippen molar-refractivity contribution in [1.29, 1.82) is 0 Å². The maximum absolute atomic E-state index is 13.5. The third-order valence-electron chi connectivity index (χ3n) is 10.5. The summed E-state index contributed by atoms with van der Waals surface area (Å²) in [5, 5.41) is 16.8.